The lowest BCUT2D eigenvalue weighted by Crippen LogP contribution is -1.88. The molecule has 62 heavy (non-hydrogen) atoms. The van der Waals surface area contributed by atoms with Crippen LogP contribution in [0.3, 0.4) is 0 Å². The van der Waals surface area contributed by atoms with Crippen LogP contribution in [0.4, 0.5) is 0 Å². The fraction of sp³-hybridized carbons (Fsp3) is 0. The Kier molecular flexibility index (Phi) is 13.0. The number of rotatable bonds is 0. The van der Waals surface area contributed by atoms with E-state index in [1.54, 1.807) is 0 Å². The number of hydrogen-bond donors (Lipinski definition) is 0. The molecule has 0 saturated carbocycles. The lowest BCUT2D eigenvalue weighted by atomic mass is 10.0. The van der Waals surface area contributed by atoms with E-state index in [0.717, 1.165) is 77.9 Å². The fourth-order valence-corrected chi connectivity index (χ4v) is 6.20. The summed E-state index contributed by atoms with van der Waals surface area (Å²) in [4.78, 5) is 0. The SMILES string of the molecule is C(#Cc1ccccc1C#Cc1ccccc1C#Cc1ccccc1C#Cc1ccccc1C#Cc1ccccc1C#Cc1ccccc1C#Cc1ccccc1)c1ccccc1. The van der Waals surface area contributed by atoms with Crippen molar-refractivity contribution in [2.45, 2.75) is 0 Å². The van der Waals surface area contributed by atoms with Gasteiger partial charge in [-0.05, 0) is 97.1 Å². The van der Waals surface area contributed by atoms with Gasteiger partial charge < -0.3 is 0 Å². The monoisotopic (exact) mass is 778 g/mol. The molecular formula is C62H34. The highest BCUT2D eigenvalue weighted by molar-refractivity contribution is 5.62. The molecule has 0 nitrogen and oxygen atoms in total. The average molecular weight is 779 g/mol. The van der Waals surface area contributed by atoms with Crippen molar-refractivity contribution in [2.24, 2.45) is 0 Å². The second kappa shape index (κ2) is 20.4. The molecule has 8 aromatic carbocycles. The first kappa shape index (κ1) is 39.5. The van der Waals surface area contributed by atoms with Gasteiger partial charge in [-0.15, -0.1) is 0 Å². The summed E-state index contributed by atoms with van der Waals surface area (Å²) in [5.41, 5.74) is 12.1. The normalized spacial score (nSPS) is 9.35. The average Bonchev–Trinajstić information content (AvgIpc) is 3.34. The summed E-state index contributed by atoms with van der Waals surface area (Å²) < 4.78 is 0. The van der Waals surface area contributed by atoms with E-state index in [1.807, 2.05) is 206 Å². The van der Waals surface area contributed by atoms with E-state index < -0.39 is 0 Å². The van der Waals surface area contributed by atoms with Crippen LogP contribution in [0.5, 0.6) is 0 Å². The fourth-order valence-electron chi connectivity index (χ4n) is 6.20. The van der Waals surface area contributed by atoms with E-state index in [1.165, 1.54) is 0 Å². The summed E-state index contributed by atoms with van der Waals surface area (Å²) in [7, 11) is 0. The Balaban J connectivity index is 1.03. The van der Waals surface area contributed by atoms with Crippen molar-refractivity contribution >= 4 is 0 Å². The largest absolute Gasteiger partial charge is 0.0622 e. The van der Waals surface area contributed by atoms with Crippen molar-refractivity contribution in [1.29, 1.82) is 0 Å². The molecule has 0 atom stereocenters. The Labute approximate surface area is 365 Å². The summed E-state index contributed by atoms with van der Waals surface area (Å²) in [6.07, 6.45) is 0. The highest BCUT2D eigenvalue weighted by Gasteiger charge is 2.02. The van der Waals surface area contributed by atoms with Crippen LogP contribution in [-0.4, -0.2) is 0 Å². The van der Waals surface area contributed by atoms with Gasteiger partial charge in [0.1, 0.15) is 0 Å². The lowest BCUT2D eigenvalue weighted by molar-refractivity contribution is 1.55. The molecule has 0 amide bonds. The van der Waals surface area contributed by atoms with Crippen LogP contribution in [0.25, 0.3) is 0 Å². The summed E-state index contributed by atoms with van der Waals surface area (Å²) >= 11 is 0. The molecule has 0 heteroatoms. The van der Waals surface area contributed by atoms with Gasteiger partial charge in [-0.1, -0.05) is 192 Å². The molecule has 0 fully saturated rings. The smallest absolute Gasteiger partial charge is 0.0405 e. The molecule has 0 aliphatic carbocycles. The van der Waals surface area contributed by atoms with Gasteiger partial charge in [0.05, 0.1) is 0 Å². The Bertz CT molecular complexity index is 3150. The summed E-state index contributed by atoms with van der Waals surface area (Å²) in [6, 6.07) is 67.6. The standard InChI is InChI=1S/C62H34/c1-3-19-49(20-4-1)35-37-51-23-7-9-25-53(51)39-41-55-27-11-13-29-57(55)43-45-59-31-15-17-33-61(59)47-48-62-34-18-16-32-60(62)46-44-58-30-14-12-28-56(58)42-40-54-26-10-8-24-52(54)38-36-50-21-5-2-6-22-50/h1-34H. The third-order valence-electron chi connectivity index (χ3n) is 9.45. The Morgan fingerprint density at radius 1 is 0.129 bits per heavy atom. The van der Waals surface area contributed by atoms with Crippen LogP contribution in [0.15, 0.2) is 206 Å². The zero-order valence-corrected chi connectivity index (χ0v) is 33.6. The van der Waals surface area contributed by atoms with E-state index >= 15 is 0 Å². The van der Waals surface area contributed by atoms with Crippen LogP contribution in [0.2, 0.25) is 0 Å². The van der Waals surface area contributed by atoms with Gasteiger partial charge >= 0.3 is 0 Å². The predicted octanol–water partition coefficient (Wildman–Crippen LogP) is 11.5. The van der Waals surface area contributed by atoms with Gasteiger partial charge in [-0.2, -0.15) is 0 Å². The minimum absolute atomic E-state index is 0.826. The van der Waals surface area contributed by atoms with Crippen molar-refractivity contribution in [2.75, 3.05) is 0 Å². The second-order valence-electron chi connectivity index (χ2n) is 13.8. The lowest BCUT2D eigenvalue weighted by Gasteiger charge is -1.99. The zero-order valence-electron chi connectivity index (χ0n) is 33.6. The summed E-state index contributed by atoms with van der Waals surface area (Å²) in [5.74, 6) is 46.7. The number of hydrogen-bond acceptors (Lipinski definition) is 0. The van der Waals surface area contributed by atoms with Gasteiger partial charge in [-0.3, -0.25) is 0 Å². The zero-order chi connectivity index (χ0) is 42.0. The maximum absolute atomic E-state index is 3.38. The molecule has 0 aliphatic rings. The van der Waals surface area contributed by atoms with Gasteiger partial charge in [0.25, 0.3) is 0 Å². The molecule has 0 aromatic heterocycles. The molecule has 8 rings (SSSR count). The van der Waals surface area contributed by atoms with Gasteiger partial charge in [0, 0.05) is 77.9 Å². The molecule has 0 unspecified atom stereocenters. The summed E-state index contributed by atoms with van der Waals surface area (Å²) in [5, 5.41) is 0. The third-order valence-corrected chi connectivity index (χ3v) is 9.45. The molecule has 0 saturated heterocycles. The van der Waals surface area contributed by atoms with Crippen molar-refractivity contribution < 1.29 is 0 Å². The Morgan fingerprint density at radius 2 is 0.258 bits per heavy atom. The first-order valence-corrected chi connectivity index (χ1v) is 20.0. The highest BCUT2D eigenvalue weighted by atomic mass is 14.0. The van der Waals surface area contributed by atoms with Gasteiger partial charge in [-0.25, -0.2) is 0 Å². The van der Waals surface area contributed by atoms with Crippen LogP contribution in [0.1, 0.15) is 77.9 Å². The maximum atomic E-state index is 3.38. The Morgan fingerprint density at radius 3 is 0.419 bits per heavy atom. The van der Waals surface area contributed by atoms with Gasteiger partial charge in [0.15, 0.2) is 0 Å². The van der Waals surface area contributed by atoms with Crippen molar-refractivity contribution in [3.63, 3.8) is 0 Å². The van der Waals surface area contributed by atoms with Crippen LogP contribution in [-0.2, 0) is 0 Å². The van der Waals surface area contributed by atoms with Crippen LogP contribution >= 0.6 is 0 Å². The molecule has 0 radical (unpaired) electrons. The first-order chi connectivity index (χ1) is 30.7. The quantitative estimate of drug-likeness (QED) is 0.135. The predicted molar refractivity (Wildman–Crippen MR) is 253 cm³/mol. The van der Waals surface area contributed by atoms with Crippen molar-refractivity contribution in [3.8, 4) is 82.9 Å². The Hall–Kier alpha value is -9.32. The van der Waals surface area contributed by atoms with E-state index in [2.05, 4.69) is 82.9 Å². The highest BCUT2D eigenvalue weighted by Crippen LogP contribution is 2.14. The maximum Gasteiger partial charge on any atom is 0.0405 e. The minimum atomic E-state index is 0.826. The summed E-state index contributed by atoms with van der Waals surface area (Å²) in [6.45, 7) is 0. The molecule has 0 aliphatic heterocycles. The molecule has 0 heterocycles. The third kappa shape index (κ3) is 10.8. The molecule has 0 spiro atoms. The van der Waals surface area contributed by atoms with Crippen LogP contribution < -0.4 is 0 Å². The van der Waals surface area contributed by atoms with Crippen molar-refractivity contribution in [3.05, 3.63) is 284 Å². The van der Waals surface area contributed by atoms with Gasteiger partial charge in [0.2, 0.25) is 0 Å². The number of benzene rings is 8. The van der Waals surface area contributed by atoms with E-state index in [-0.39, 0.29) is 0 Å². The molecule has 0 N–H and O–H groups in total. The molecule has 0 bridgehead atoms. The van der Waals surface area contributed by atoms with E-state index in [9.17, 15) is 0 Å². The minimum Gasteiger partial charge on any atom is -0.0622 e. The molecular weight excluding hydrogens is 745 g/mol. The first-order valence-electron chi connectivity index (χ1n) is 20.0. The second-order valence-corrected chi connectivity index (χ2v) is 13.8. The topological polar surface area (TPSA) is 0 Å². The van der Waals surface area contributed by atoms with Crippen LogP contribution in [0, 0.1) is 82.9 Å². The van der Waals surface area contributed by atoms with E-state index in [0.29, 0.717) is 0 Å². The van der Waals surface area contributed by atoms with Crippen molar-refractivity contribution in [1.82, 2.24) is 0 Å². The molecule has 282 valence electrons. The molecule has 8 aromatic rings. The van der Waals surface area contributed by atoms with E-state index in [4.69, 9.17) is 0 Å².